The molecule has 0 atom stereocenters. The molecule has 6 heteroatoms. The molecule has 6 nitrogen and oxygen atoms in total. The number of carbonyl (C=O) groups is 2. The van der Waals surface area contributed by atoms with Crippen molar-refractivity contribution in [3.8, 4) is 6.19 Å². The monoisotopic (exact) mass is 224 g/mol. The minimum Gasteiger partial charge on any atom is -0.331 e. The van der Waals surface area contributed by atoms with Crippen LogP contribution in [0.2, 0.25) is 0 Å². The van der Waals surface area contributed by atoms with E-state index in [1.165, 1.54) is 4.90 Å². The summed E-state index contributed by atoms with van der Waals surface area (Å²) in [6.07, 6.45) is 2.86. The molecule has 88 valence electrons. The van der Waals surface area contributed by atoms with Gasteiger partial charge in [-0.25, -0.2) is 4.79 Å². The molecule has 1 fully saturated rings. The lowest BCUT2D eigenvalue weighted by molar-refractivity contribution is -0.125. The largest absolute Gasteiger partial charge is 0.331 e. The summed E-state index contributed by atoms with van der Waals surface area (Å²) < 4.78 is 0. The van der Waals surface area contributed by atoms with E-state index in [1.54, 1.807) is 25.2 Å². The van der Waals surface area contributed by atoms with E-state index in [9.17, 15) is 9.59 Å². The predicted octanol–water partition coefficient (Wildman–Crippen LogP) is -0.0227. The molecule has 0 aromatic rings. The van der Waals surface area contributed by atoms with Gasteiger partial charge in [0.05, 0.1) is 0 Å². The Morgan fingerprint density at radius 3 is 2.38 bits per heavy atom. The van der Waals surface area contributed by atoms with E-state index >= 15 is 0 Å². The van der Waals surface area contributed by atoms with Crippen molar-refractivity contribution >= 4 is 11.9 Å². The van der Waals surface area contributed by atoms with E-state index in [2.05, 4.69) is 5.32 Å². The van der Waals surface area contributed by atoms with Crippen molar-refractivity contribution in [2.75, 3.05) is 27.2 Å². The topological polar surface area (TPSA) is 76.4 Å². The number of hydrogen-bond donors (Lipinski definition) is 1. The lowest BCUT2D eigenvalue weighted by atomic mass is 9.96. The van der Waals surface area contributed by atoms with Gasteiger partial charge in [0.15, 0.2) is 6.19 Å². The molecule has 1 heterocycles. The second kappa shape index (κ2) is 5.35. The maximum absolute atomic E-state index is 11.6. The first-order valence-electron chi connectivity index (χ1n) is 5.21. The second-order valence-corrected chi connectivity index (χ2v) is 4.04. The molecule has 0 radical (unpaired) electrons. The zero-order valence-corrected chi connectivity index (χ0v) is 9.56. The van der Waals surface area contributed by atoms with Gasteiger partial charge in [0.25, 0.3) is 0 Å². The third-order valence-electron chi connectivity index (χ3n) is 2.70. The van der Waals surface area contributed by atoms with Crippen molar-refractivity contribution in [2.24, 2.45) is 5.92 Å². The van der Waals surface area contributed by atoms with Crippen molar-refractivity contribution in [1.29, 1.82) is 5.26 Å². The Morgan fingerprint density at radius 1 is 1.38 bits per heavy atom. The van der Waals surface area contributed by atoms with Crippen LogP contribution in [0.5, 0.6) is 0 Å². The van der Waals surface area contributed by atoms with Crippen molar-refractivity contribution < 1.29 is 9.59 Å². The third-order valence-corrected chi connectivity index (χ3v) is 2.70. The van der Waals surface area contributed by atoms with Crippen molar-refractivity contribution in [1.82, 2.24) is 15.1 Å². The van der Waals surface area contributed by atoms with Crippen LogP contribution in [0.25, 0.3) is 0 Å². The minimum absolute atomic E-state index is 0.0286. The van der Waals surface area contributed by atoms with Gasteiger partial charge in [-0.2, -0.15) is 5.26 Å². The first kappa shape index (κ1) is 12.3. The Balaban J connectivity index is 2.43. The summed E-state index contributed by atoms with van der Waals surface area (Å²) in [5, 5.41) is 10.5. The molecule has 3 amide bonds. The summed E-state index contributed by atoms with van der Waals surface area (Å²) in [6.45, 7) is 1.14. The highest BCUT2D eigenvalue weighted by molar-refractivity contribution is 5.80. The fraction of sp³-hybridized carbons (Fsp3) is 0.700. The van der Waals surface area contributed by atoms with Crippen LogP contribution in [0.1, 0.15) is 12.8 Å². The standard InChI is InChI=1S/C10H16N4O2/c1-13(2)10(16)14-5-3-8(4-6-14)9(15)12-7-11/h8H,3-6H2,1-2H3,(H,12,15). The summed E-state index contributed by atoms with van der Waals surface area (Å²) in [6, 6.07) is -0.0286. The van der Waals surface area contributed by atoms with Gasteiger partial charge >= 0.3 is 6.03 Å². The lowest BCUT2D eigenvalue weighted by Crippen LogP contribution is -2.46. The van der Waals surface area contributed by atoms with Gasteiger partial charge < -0.3 is 9.80 Å². The first-order valence-corrected chi connectivity index (χ1v) is 5.21. The van der Waals surface area contributed by atoms with Crippen LogP contribution < -0.4 is 5.32 Å². The van der Waals surface area contributed by atoms with Gasteiger partial charge in [0.2, 0.25) is 5.91 Å². The molecule has 1 saturated heterocycles. The molecule has 1 aliphatic heterocycles. The van der Waals surface area contributed by atoms with E-state index < -0.39 is 0 Å². The van der Waals surface area contributed by atoms with Gasteiger partial charge in [0.1, 0.15) is 0 Å². The number of likely N-dealkylation sites (tertiary alicyclic amines) is 1. The number of rotatable bonds is 1. The highest BCUT2D eigenvalue weighted by Gasteiger charge is 2.27. The van der Waals surface area contributed by atoms with Crippen molar-refractivity contribution in [3.05, 3.63) is 0 Å². The first-order chi connectivity index (χ1) is 7.56. The van der Waals surface area contributed by atoms with Gasteiger partial charge in [0, 0.05) is 33.1 Å². The van der Waals surface area contributed by atoms with E-state index in [0.717, 1.165) is 0 Å². The summed E-state index contributed by atoms with van der Waals surface area (Å²) in [4.78, 5) is 26.2. The van der Waals surface area contributed by atoms with Crippen LogP contribution in [0.3, 0.4) is 0 Å². The Bertz CT molecular complexity index is 313. The Labute approximate surface area is 94.8 Å². The molecule has 0 aromatic heterocycles. The zero-order valence-electron chi connectivity index (χ0n) is 9.56. The van der Waals surface area contributed by atoms with Crippen molar-refractivity contribution in [2.45, 2.75) is 12.8 Å². The summed E-state index contributed by atoms with van der Waals surface area (Å²) in [5.41, 5.74) is 0. The summed E-state index contributed by atoms with van der Waals surface area (Å²) in [7, 11) is 3.41. The van der Waals surface area contributed by atoms with E-state index in [1.807, 2.05) is 0 Å². The molecular formula is C10H16N4O2. The van der Waals surface area contributed by atoms with Crippen LogP contribution in [0.15, 0.2) is 0 Å². The highest BCUT2D eigenvalue weighted by Crippen LogP contribution is 2.17. The quantitative estimate of drug-likeness (QED) is 0.502. The minimum atomic E-state index is -0.237. The molecule has 1 aliphatic rings. The van der Waals surface area contributed by atoms with Gasteiger partial charge in [-0.05, 0) is 12.8 Å². The molecular weight excluding hydrogens is 208 g/mol. The van der Waals surface area contributed by atoms with Crippen LogP contribution in [-0.4, -0.2) is 48.9 Å². The van der Waals surface area contributed by atoms with E-state index in [4.69, 9.17) is 5.26 Å². The predicted molar refractivity (Wildman–Crippen MR) is 57.1 cm³/mol. The fourth-order valence-electron chi connectivity index (χ4n) is 1.77. The SMILES string of the molecule is CN(C)C(=O)N1CCC(C(=O)NC#N)CC1. The average molecular weight is 224 g/mol. The Hall–Kier alpha value is -1.77. The number of nitriles is 1. The Kier molecular flexibility index (Phi) is 4.11. The number of nitrogens with one attached hydrogen (secondary N) is 1. The number of piperidine rings is 1. The van der Waals surface area contributed by atoms with Crippen LogP contribution >= 0.6 is 0 Å². The zero-order chi connectivity index (χ0) is 12.1. The molecule has 0 saturated carbocycles. The lowest BCUT2D eigenvalue weighted by Gasteiger charge is -2.32. The van der Waals surface area contributed by atoms with Crippen molar-refractivity contribution in [3.63, 3.8) is 0 Å². The maximum atomic E-state index is 11.6. The number of nitrogens with zero attached hydrogens (tertiary/aromatic N) is 3. The normalized spacial score (nSPS) is 16.4. The van der Waals surface area contributed by atoms with Gasteiger partial charge in [-0.3, -0.25) is 10.1 Å². The van der Waals surface area contributed by atoms with E-state index in [0.29, 0.717) is 25.9 Å². The maximum Gasteiger partial charge on any atom is 0.319 e. The molecule has 1 N–H and O–H groups in total. The van der Waals surface area contributed by atoms with Crippen LogP contribution in [-0.2, 0) is 4.79 Å². The fourth-order valence-corrected chi connectivity index (χ4v) is 1.77. The van der Waals surface area contributed by atoms with Crippen LogP contribution in [0.4, 0.5) is 4.79 Å². The molecule has 0 bridgehead atoms. The third kappa shape index (κ3) is 2.86. The highest BCUT2D eigenvalue weighted by atomic mass is 16.2. The number of amides is 3. The molecule has 16 heavy (non-hydrogen) atoms. The molecule has 1 rings (SSSR count). The molecule has 0 unspecified atom stereocenters. The number of carbonyl (C=O) groups excluding carboxylic acids is 2. The molecule has 0 aliphatic carbocycles. The van der Waals surface area contributed by atoms with E-state index in [-0.39, 0.29) is 17.9 Å². The molecule has 0 aromatic carbocycles. The van der Waals surface area contributed by atoms with Gasteiger partial charge in [-0.1, -0.05) is 0 Å². The number of urea groups is 1. The molecule has 0 spiro atoms. The summed E-state index contributed by atoms with van der Waals surface area (Å²) in [5.74, 6) is -0.384. The van der Waals surface area contributed by atoms with Gasteiger partial charge in [-0.15, -0.1) is 0 Å². The number of hydrogen-bond acceptors (Lipinski definition) is 3. The summed E-state index contributed by atoms with van der Waals surface area (Å²) >= 11 is 0. The second-order valence-electron chi connectivity index (χ2n) is 4.04. The smallest absolute Gasteiger partial charge is 0.319 e. The average Bonchev–Trinajstić information content (AvgIpc) is 2.28. The van der Waals surface area contributed by atoms with Crippen LogP contribution in [0, 0.1) is 17.4 Å². The Morgan fingerprint density at radius 2 is 1.94 bits per heavy atom.